The van der Waals surface area contributed by atoms with E-state index in [-0.39, 0.29) is 24.6 Å². The first-order chi connectivity index (χ1) is 22.2. The molecule has 4 heterocycles. The molecular weight excluding hydrogens is 608 g/mol. The van der Waals surface area contributed by atoms with E-state index in [1.807, 2.05) is 31.2 Å². The number of methoxy groups -OCH3 is 1. The summed E-state index contributed by atoms with van der Waals surface area (Å²) in [4.78, 5) is 44.8. The highest BCUT2D eigenvalue weighted by Gasteiger charge is 2.37. The normalized spacial score (nSPS) is 17.3. The molecule has 0 spiro atoms. The first kappa shape index (κ1) is 32.1. The number of carbonyl (C=O) groups excluding carboxylic acids is 1. The van der Waals surface area contributed by atoms with Gasteiger partial charge in [-0.1, -0.05) is 48.8 Å². The molecule has 0 radical (unpaired) electrons. The van der Waals surface area contributed by atoms with Crippen molar-refractivity contribution in [3.8, 4) is 10.8 Å². The Labute approximate surface area is 271 Å². The van der Waals surface area contributed by atoms with E-state index in [1.54, 1.807) is 37.9 Å². The molecule has 1 saturated heterocycles. The van der Waals surface area contributed by atoms with E-state index in [0.29, 0.717) is 39.7 Å². The highest BCUT2D eigenvalue weighted by molar-refractivity contribution is 7.21. The smallest absolute Gasteiger partial charge is 0.333 e. The zero-order valence-corrected chi connectivity index (χ0v) is 27.7. The molecule has 13 heteroatoms. The van der Waals surface area contributed by atoms with Gasteiger partial charge in [-0.25, -0.2) is 9.36 Å². The lowest BCUT2D eigenvalue weighted by Crippen LogP contribution is -2.57. The lowest BCUT2D eigenvalue weighted by molar-refractivity contribution is -0.129. The summed E-state index contributed by atoms with van der Waals surface area (Å²) in [7, 11) is 1.61. The summed E-state index contributed by atoms with van der Waals surface area (Å²) in [5, 5.41) is 12.7. The topological polar surface area (TPSA) is 132 Å². The second-order valence-corrected chi connectivity index (χ2v) is 13.6. The van der Waals surface area contributed by atoms with Crippen LogP contribution in [0.25, 0.3) is 15.2 Å². The lowest BCUT2D eigenvalue weighted by Gasteiger charge is -2.32. The zero-order chi connectivity index (χ0) is 32.4. The first-order valence-electron chi connectivity index (χ1n) is 16.0. The minimum atomic E-state index is -1.47. The van der Waals surface area contributed by atoms with Gasteiger partial charge in [0.05, 0.1) is 37.5 Å². The van der Waals surface area contributed by atoms with E-state index in [4.69, 9.17) is 14.2 Å². The van der Waals surface area contributed by atoms with Gasteiger partial charge in [0.1, 0.15) is 27.2 Å². The largest absolute Gasteiger partial charge is 0.496 e. The molecule has 4 aromatic rings. The van der Waals surface area contributed by atoms with Crippen LogP contribution in [0.1, 0.15) is 76.0 Å². The molecule has 46 heavy (non-hydrogen) atoms. The molecule has 0 bridgehead atoms. The Morgan fingerprint density at radius 3 is 2.48 bits per heavy atom. The van der Waals surface area contributed by atoms with Crippen LogP contribution >= 0.6 is 11.3 Å². The van der Waals surface area contributed by atoms with Gasteiger partial charge < -0.3 is 19.5 Å². The van der Waals surface area contributed by atoms with Crippen LogP contribution in [0.15, 0.2) is 46.2 Å². The average molecular weight is 651 g/mol. The number of fused-ring (bicyclic) bond motifs is 1. The second kappa shape index (κ2) is 13.5. The van der Waals surface area contributed by atoms with Crippen LogP contribution in [-0.2, 0) is 26.4 Å². The molecule has 2 aliphatic rings. The van der Waals surface area contributed by atoms with Gasteiger partial charge in [0.2, 0.25) is 5.91 Å². The van der Waals surface area contributed by atoms with Crippen LogP contribution in [0.4, 0.5) is 0 Å². The highest BCUT2D eigenvalue weighted by Crippen LogP contribution is 2.35. The summed E-state index contributed by atoms with van der Waals surface area (Å²) >= 11 is 1.27. The van der Waals surface area contributed by atoms with Crippen molar-refractivity contribution < 1.29 is 19.0 Å². The number of ether oxygens (including phenoxy) is 3. The standard InChI is InChI=1S/C33H42N6O6S/c1-21-27-28(40)38(33(2,3)31(41)36-22-10-6-5-7-11-22)32(42)37(30(27)46-29(21)39-34-16-17-35-39)20-26(45-23-14-18-44-19-15-23)24-12-8-9-13-25(24)43-4/h8-9,12-13,16-17,22-23,26H,5-7,10-11,14-15,18-20H2,1-4H3,(H,36,41)/t26-/m0/s1. The third-order valence-electron chi connectivity index (χ3n) is 9.20. The highest BCUT2D eigenvalue weighted by atomic mass is 32.1. The number of aromatic nitrogens is 5. The van der Waals surface area contributed by atoms with Crippen LogP contribution in [0.2, 0.25) is 0 Å². The van der Waals surface area contributed by atoms with E-state index in [1.165, 1.54) is 16.1 Å². The van der Waals surface area contributed by atoms with Crippen molar-refractivity contribution in [3.63, 3.8) is 0 Å². The van der Waals surface area contributed by atoms with Crippen molar-refractivity contribution in [1.82, 2.24) is 29.4 Å². The van der Waals surface area contributed by atoms with E-state index >= 15 is 0 Å². The fourth-order valence-electron chi connectivity index (χ4n) is 6.57. The van der Waals surface area contributed by atoms with E-state index in [2.05, 4.69) is 15.5 Å². The number of benzene rings is 1. The number of thiophene rings is 1. The molecule has 1 atom stereocenters. The number of nitrogens with zero attached hydrogens (tertiary/aromatic N) is 5. The van der Waals surface area contributed by atoms with Gasteiger partial charge in [-0.05, 0) is 52.5 Å². The van der Waals surface area contributed by atoms with Crippen LogP contribution in [0.3, 0.4) is 0 Å². The molecule has 6 rings (SSSR count). The van der Waals surface area contributed by atoms with Gasteiger partial charge >= 0.3 is 5.69 Å². The Morgan fingerprint density at radius 1 is 1.09 bits per heavy atom. The van der Waals surface area contributed by atoms with Crippen molar-refractivity contribution in [2.75, 3.05) is 20.3 Å². The van der Waals surface area contributed by atoms with Crippen molar-refractivity contribution in [3.05, 3.63) is 68.6 Å². The maximum absolute atomic E-state index is 14.7. The molecule has 3 aromatic heterocycles. The third-order valence-corrected chi connectivity index (χ3v) is 10.5. The maximum Gasteiger partial charge on any atom is 0.333 e. The Morgan fingerprint density at radius 2 is 1.78 bits per heavy atom. The molecule has 1 aromatic carbocycles. The van der Waals surface area contributed by atoms with Crippen molar-refractivity contribution in [2.45, 2.75) is 96.1 Å². The van der Waals surface area contributed by atoms with Crippen LogP contribution in [0.5, 0.6) is 5.75 Å². The third kappa shape index (κ3) is 6.15. The van der Waals surface area contributed by atoms with E-state index < -0.39 is 22.9 Å². The molecule has 2 fully saturated rings. The molecule has 12 nitrogen and oxygen atoms in total. The molecule has 246 valence electrons. The molecule has 0 unspecified atom stereocenters. The number of aryl methyl sites for hydroxylation is 1. The molecule has 1 saturated carbocycles. The fraction of sp³-hybridized carbons (Fsp3) is 0.545. The number of nitrogens with one attached hydrogen (secondary N) is 1. The summed E-state index contributed by atoms with van der Waals surface area (Å²) in [6, 6.07) is 7.61. The second-order valence-electron chi connectivity index (χ2n) is 12.6. The Kier molecular flexibility index (Phi) is 9.44. The van der Waals surface area contributed by atoms with Gasteiger partial charge in [0, 0.05) is 30.4 Å². The van der Waals surface area contributed by atoms with E-state index in [9.17, 15) is 14.4 Å². The Hall–Kier alpha value is -3.81. The molecule has 1 amide bonds. The summed E-state index contributed by atoms with van der Waals surface area (Å²) in [5.41, 5.74) is -1.16. The molecular formula is C33H42N6O6S. The van der Waals surface area contributed by atoms with Gasteiger partial charge in [0.15, 0.2) is 0 Å². The van der Waals surface area contributed by atoms with Crippen molar-refractivity contribution in [2.24, 2.45) is 0 Å². The number of hydrogen-bond acceptors (Lipinski definition) is 9. The lowest BCUT2D eigenvalue weighted by atomic mass is 9.94. The number of amides is 1. The monoisotopic (exact) mass is 650 g/mol. The fourth-order valence-corrected chi connectivity index (χ4v) is 7.79. The SMILES string of the molecule is COc1ccccc1[C@H](Cn1c(=O)n(C(C)(C)C(=O)NC2CCCCC2)c(=O)c2c(C)c(-n3nccn3)sc21)OC1CCOCC1. The maximum atomic E-state index is 14.7. The number of hydrogen-bond donors (Lipinski definition) is 1. The van der Waals surface area contributed by atoms with Crippen LogP contribution < -0.4 is 21.3 Å². The van der Waals surface area contributed by atoms with Crippen LogP contribution in [0, 0.1) is 6.92 Å². The number of carbonyl (C=O) groups is 1. The summed E-state index contributed by atoms with van der Waals surface area (Å²) in [6.45, 7) is 6.36. The van der Waals surface area contributed by atoms with Crippen molar-refractivity contribution in [1.29, 1.82) is 0 Å². The van der Waals surface area contributed by atoms with Gasteiger partial charge in [-0.3, -0.25) is 14.2 Å². The van der Waals surface area contributed by atoms with Crippen molar-refractivity contribution >= 4 is 27.5 Å². The van der Waals surface area contributed by atoms with E-state index in [0.717, 1.165) is 55.1 Å². The predicted octanol–water partition coefficient (Wildman–Crippen LogP) is 4.24. The summed E-state index contributed by atoms with van der Waals surface area (Å²) in [6.07, 6.45) is 8.87. The summed E-state index contributed by atoms with van der Waals surface area (Å²) < 4.78 is 20.7. The van der Waals surface area contributed by atoms with Crippen LogP contribution in [-0.4, -0.2) is 62.5 Å². The van der Waals surface area contributed by atoms with Gasteiger partial charge in [0.25, 0.3) is 5.56 Å². The van der Waals surface area contributed by atoms with Gasteiger partial charge in [-0.2, -0.15) is 10.2 Å². The molecule has 1 aliphatic carbocycles. The zero-order valence-electron chi connectivity index (χ0n) is 26.9. The Balaban J connectivity index is 1.52. The predicted molar refractivity (Wildman–Crippen MR) is 175 cm³/mol. The first-order valence-corrected chi connectivity index (χ1v) is 16.9. The number of para-hydroxylation sites is 1. The molecule has 1 N–H and O–H groups in total. The number of rotatable bonds is 10. The summed E-state index contributed by atoms with van der Waals surface area (Å²) in [5.74, 6) is 0.277. The minimum absolute atomic E-state index is 0.0189. The molecule has 1 aliphatic heterocycles. The Bertz CT molecular complexity index is 1800. The quantitative estimate of drug-likeness (QED) is 0.270. The minimum Gasteiger partial charge on any atom is -0.496 e. The van der Waals surface area contributed by atoms with Gasteiger partial charge in [-0.15, -0.1) is 4.80 Å². The average Bonchev–Trinajstić information content (AvgIpc) is 3.71.